The van der Waals surface area contributed by atoms with Crippen LogP contribution in [0.25, 0.3) is 10.8 Å². The van der Waals surface area contributed by atoms with Crippen LogP contribution in [0.15, 0.2) is 78.9 Å². The number of carbonyl (C=O) groups excluding carboxylic acids is 1. The molecule has 5 nitrogen and oxygen atoms in total. The average Bonchev–Trinajstić information content (AvgIpc) is 2.87. The Morgan fingerprint density at radius 2 is 1.71 bits per heavy atom. The van der Waals surface area contributed by atoms with Crippen molar-refractivity contribution in [2.24, 2.45) is 0 Å². The Bertz CT molecular complexity index is 1350. The lowest BCUT2D eigenvalue weighted by Crippen LogP contribution is -2.31. The van der Waals surface area contributed by atoms with Crippen molar-refractivity contribution in [2.75, 3.05) is 13.7 Å². The number of rotatable bonds is 6. The van der Waals surface area contributed by atoms with E-state index in [1.54, 1.807) is 7.11 Å². The summed E-state index contributed by atoms with van der Waals surface area (Å²) in [5.41, 5.74) is 5.33. The van der Waals surface area contributed by atoms with Crippen molar-refractivity contribution in [1.82, 2.24) is 10.2 Å². The highest BCUT2D eigenvalue weighted by Crippen LogP contribution is 2.32. The number of carbonyl (C=O) groups is 1. The third-order valence-electron chi connectivity index (χ3n) is 6.56. The molecule has 0 saturated heterocycles. The third kappa shape index (κ3) is 4.61. The SMILES string of the molecule is COc1cc2c(cc1O)CN(Cc1ccccc1CNC(=O)c1ccc3ccccc3c1)CC2. The number of ether oxygens (including phenoxy) is 1. The molecule has 1 aliphatic rings. The summed E-state index contributed by atoms with van der Waals surface area (Å²) in [6.45, 7) is 2.96. The summed E-state index contributed by atoms with van der Waals surface area (Å²) < 4.78 is 5.25. The molecule has 0 aromatic heterocycles. The maximum absolute atomic E-state index is 12.8. The number of phenolic OH excluding ortho intramolecular Hbond substituents is 1. The molecule has 0 saturated carbocycles. The monoisotopic (exact) mass is 452 g/mol. The molecule has 0 atom stereocenters. The van der Waals surface area contributed by atoms with Crippen molar-refractivity contribution in [2.45, 2.75) is 26.1 Å². The van der Waals surface area contributed by atoms with Gasteiger partial charge in [-0.15, -0.1) is 0 Å². The minimum absolute atomic E-state index is 0.0723. The first-order valence-corrected chi connectivity index (χ1v) is 11.6. The summed E-state index contributed by atoms with van der Waals surface area (Å²) in [4.78, 5) is 15.2. The molecule has 172 valence electrons. The van der Waals surface area contributed by atoms with Crippen LogP contribution in [0.2, 0.25) is 0 Å². The van der Waals surface area contributed by atoms with Crippen molar-refractivity contribution in [3.05, 3.63) is 107 Å². The van der Waals surface area contributed by atoms with E-state index in [9.17, 15) is 9.90 Å². The smallest absolute Gasteiger partial charge is 0.251 e. The number of aromatic hydroxyl groups is 1. The summed E-state index contributed by atoms with van der Waals surface area (Å²) in [7, 11) is 1.58. The van der Waals surface area contributed by atoms with Crippen LogP contribution in [0.1, 0.15) is 32.6 Å². The lowest BCUT2D eigenvalue weighted by atomic mass is 9.97. The number of phenols is 1. The molecule has 0 spiro atoms. The standard InChI is InChI=1S/C29H28N2O3/c1-34-28-16-22-12-13-31(19-26(22)15-27(28)32)18-25-9-5-4-8-24(25)17-30-29(33)23-11-10-20-6-2-3-7-21(20)14-23/h2-11,14-16,32H,12-13,17-19H2,1H3,(H,30,33). The molecular formula is C29H28N2O3. The van der Waals surface area contributed by atoms with Crippen molar-refractivity contribution in [3.63, 3.8) is 0 Å². The number of hydrogen-bond acceptors (Lipinski definition) is 4. The fourth-order valence-corrected chi connectivity index (χ4v) is 4.66. The Balaban J connectivity index is 1.26. The normalized spacial score (nSPS) is 13.4. The van der Waals surface area contributed by atoms with Gasteiger partial charge in [-0.3, -0.25) is 9.69 Å². The van der Waals surface area contributed by atoms with Gasteiger partial charge in [0, 0.05) is 31.7 Å². The molecule has 0 aliphatic carbocycles. The van der Waals surface area contributed by atoms with E-state index in [0.717, 1.165) is 48.0 Å². The average molecular weight is 453 g/mol. The molecular weight excluding hydrogens is 424 g/mol. The summed E-state index contributed by atoms with van der Waals surface area (Å²) in [5, 5.41) is 15.5. The number of nitrogens with zero attached hydrogens (tertiary/aromatic N) is 1. The molecule has 4 aromatic rings. The second-order valence-electron chi connectivity index (χ2n) is 8.77. The first-order chi connectivity index (χ1) is 16.6. The van der Waals surface area contributed by atoms with Gasteiger partial charge < -0.3 is 15.2 Å². The van der Waals surface area contributed by atoms with Gasteiger partial charge in [0.25, 0.3) is 5.91 Å². The van der Waals surface area contributed by atoms with E-state index in [1.165, 1.54) is 11.1 Å². The fourth-order valence-electron chi connectivity index (χ4n) is 4.66. The Morgan fingerprint density at radius 1 is 0.941 bits per heavy atom. The summed E-state index contributed by atoms with van der Waals surface area (Å²) in [6.07, 6.45) is 0.910. The van der Waals surface area contributed by atoms with E-state index in [4.69, 9.17) is 4.74 Å². The molecule has 0 fully saturated rings. The van der Waals surface area contributed by atoms with Gasteiger partial charge in [0.2, 0.25) is 0 Å². The quantitative estimate of drug-likeness (QED) is 0.430. The van der Waals surface area contributed by atoms with Crippen LogP contribution in [0.3, 0.4) is 0 Å². The number of amides is 1. The minimum Gasteiger partial charge on any atom is -0.504 e. The van der Waals surface area contributed by atoms with Gasteiger partial charge in [0.05, 0.1) is 7.11 Å². The van der Waals surface area contributed by atoms with Gasteiger partial charge in [0.1, 0.15) is 0 Å². The van der Waals surface area contributed by atoms with E-state index in [1.807, 2.05) is 66.7 Å². The Kier molecular flexibility index (Phi) is 6.19. The zero-order chi connectivity index (χ0) is 23.5. The zero-order valence-electron chi connectivity index (χ0n) is 19.3. The Labute approximate surface area is 199 Å². The highest BCUT2D eigenvalue weighted by atomic mass is 16.5. The summed E-state index contributed by atoms with van der Waals surface area (Å²) in [5.74, 6) is 0.636. The highest BCUT2D eigenvalue weighted by Gasteiger charge is 2.20. The molecule has 0 bridgehead atoms. The van der Waals surface area contributed by atoms with Gasteiger partial charge in [-0.2, -0.15) is 0 Å². The third-order valence-corrected chi connectivity index (χ3v) is 6.56. The van der Waals surface area contributed by atoms with Crippen LogP contribution in [0, 0.1) is 0 Å². The van der Waals surface area contributed by atoms with Gasteiger partial charge >= 0.3 is 0 Å². The van der Waals surface area contributed by atoms with Crippen LogP contribution in [0.4, 0.5) is 0 Å². The van der Waals surface area contributed by atoms with Crippen molar-refractivity contribution < 1.29 is 14.6 Å². The van der Waals surface area contributed by atoms with Gasteiger partial charge in [-0.05, 0) is 63.7 Å². The van der Waals surface area contributed by atoms with Crippen LogP contribution >= 0.6 is 0 Å². The molecule has 0 radical (unpaired) electrons. The molecule has 1 amide bonds. The van der Waals surface area contributed by atoms with Crippen LogP contribution in [0.5, 0.6) is 11.5 Å². The molecule has 5 rings (SSSR count). The predicted molar refractivity (Wildman–Crippen MR) is 134 cm³/mol. The van der Waals surface area contributed by atoms with E-state index >= 15 is 0 Å². The Morgan fingerprint density at radius 3 is 2.53 bits per heavy atom. The molecule has 34 heavy (non-hydrogen) atoms. The second-order valence-corrected chi connectivity index (χ2v) is 8.77. The summed E-state index contributed by atoms with van der Waals surface area (Å²) in [6, 6.07) is 25.9. The second kappa shape index (κ2) is 9.57. The van der Waals surface area contributed by atoms with E-state index in [2.05, 4.69) is 22.3 Å². The fraction of sp³-hybridized carbons (Fsp3) is 0.207. The van der Waals surface area contributed by atoms with Gasteiger partial charge in [-0.1, -0.05) is 54.6 Å². The molecule has 5 heteroatoms. The maximum atomic E-state index is 12.8. The van der Waals surface area contributed by atoms with E-state index < -0.39 is 0 Å². The van der Waals surface area contributed by atoms with Crippen LogP contribution in [-0.4, -0.2) is 29.6 Å². The van der Waals surface area contributed by atoms with Gasteiger partial charge in [-0.25, -0.2) is 0 Å². The van der Waals surface area contributed by atoms with Crippen molar-refractivity contribution in [1.29, 1.82) is 0 Å². The minimum atomic E-state index is -0.0723. The first-order valence-electron chi connectivity index (χ1n) is 11.6. The summed E-state index contributed by atoms with van der Waals surface area (Å²) >= 11 is 0. The molecule has 0 unspecified atom stereocenters. The number of benzene rings is 4. The van der Waals surface area contributed by atoms with Crippen molar-refractivity contribution >= 4 is 16.7 Å². The number of methoxy groups -OCH3 is 1. The zero-order valence-corrected chi connectivity index (χ0v) is 19.3. The Hall–Kier alpha value is -3.83. The molecule has 1 aliphatic heterocycles. The molecule has 2 N–H and O–H groups in total. The number of fused-ring (bicyclic) bond motifs is 2. The maximum Gasteiger partial charge on any atom is 0.251 e. The highest BCUT2D eigenvalue weighted by molar-refractivity contribution is 5.98. The van der Waals surface area contributed by atoms with E-state index in [0.29, 0.717) is 17.9 Å². The number of hydrogen-bond donors (Lipinski definition) is 2. The lowest BCUT2D eigenvalue weighted by molar-refractivity contribution is 0.0951. The van der Waals surface area contributed by atoms with Gasteiger partial charge in [0.15, 0.2) is 11.5 Å². The van der Waals surface area contributed by atoms with Crippen LogP contribution in [-0.2, 0) is 26.1 Å². The molecule has 4 aromatic carbocycles. The van der Waals surface area contributed by atoms with E-state index in [-0.39, 0.29) is 11.7 Å². The topological polar surface area (TPSA) is 61.8 Å². The first kappa shape index (κ1) is 22.0. The number of nitrogens with one attached hydrogen (secondary N) is 1. The lowest BCUT2D eigenvalue weighted by Gasteiger charge is -2.30. The predicted octanol–water partition coefficient (Wildman–Crippen LogP) is 5.04. The van der Waals surface area contributed by atoms with Crippen LogP contribution < -0.4 is 10.1 Å². The molecule has 1 heterocycles. The van der Waals surface area contributed by atoms with Crippen molar-refractivity contribution in [3.8, 4) is 11.5 Å². The largest absolute Gasteiger partial charge is 0.504 e.